The fraction of sp³-hybridized carbons (Fsp3) is 0.263. The molecular formula is C19H19N3O2S2. The van der Waals surface area contributed by atoms with Gasteiger partial charge in [0.15, 0.2) is 5.13 Å². The molecule has 2 aromatic heterocycles. The highest BCUT2D eigenvalue weighted by molar-refractivity contribution is 7.14. The first-order valence-electron chi connectivity index (χ1n) is 8.47. The molecule has 134 valence electrons. The van der Waals surface area contributed by atoms with Gasteiger partial charge in [0.1, 0.15) is 0 Å². The van der Waals surface area contributed by atoms with Crippen LogP contribution in [-0.4, -0.2) is 37.2 Å². The van der Waals surface area contributed by atoms with Crippen LogP contribution in [0, 0.1) is 0 Å². The monoisotopic (exact) mass is 385 g/mol. The van der Waals surface area contributed by atoms with Crippen LogP contribution in [0.15, 0.2) is 46.5 Å². The number of carbonyl (C=O) groups is 1. The Morgan fingerprint density at radius 3 is 2.69 bits per heavy atom. The van der Waals surface area contributed by atoms with Gasteiger partial charge in [0.25, 0.3) is 0 Å². The molecule has 1 N–H and O–H groups in total. The molecule has 0 spiro atoms. The molecule has 1 aliphatic heterocycles. The van der Waals surface area contributed by atoms with Gasteiger partial charge < -0.3 is 15.0 Å². The van der Waals surface area contributed by atoms with E-state index >= 15 is 0 Å². The van der Waals surface area contributed by atoms with Crippen LogP contribution in [0.4, 0.5) is 10.8 Å². The number of thiazole rings is 1. The van der Waals surface area contributed by atoms with E-state index < -0.39 is 0 Å². The van der Waals surface area contributed by atoms with Gasteiger partial charge in [-0.05, 0) is 34.5 Å². The molecule has 26 heavy (non-hydrogen) atoms. The van der Waals surface area contributed by atoms with Gasteiger partial charge in [-0.25, -0.2) is 4.98 Å². The van der Waals surface area contributed by atoms with Crippen LogP contribution in [0.5, 0.6) is 0 Å². The molecule has 4 rings (SSSR count). The number of morpholine rings is 1. The lowest BCUT2D eigenvalue weighted by atomic mass is 10.1. The quantitative estimate of drug-likeness (QED) is 0.724. The van der Waals surface area contributed by atoms with Crippen LogP contribution < -0.4 is 10.2 Å². The van der Waals surface area contributed by atoms with Crippen molar-refractivity contribution in [3.05, 3.63) is 52.0 Å². The first-order chi connectivity index (χ1) is 12.8. The number of anilines is 2. The number of thiophene rings is 1. The molecule has 0 atom stereocenters. The third-order valence-electron chi connectivity index (χ3n) is 4.18. The van der Waals surface area contributed by atoms with Crippen molar-refractivity contribution in [2.75, 3.05) is 36.5 Å². The summed E-state index contributed by atoms with van der Waals surface area (Å²) in [6.45, 7) is 3.30. The minimum atomic E-state index is -0.000544. The van der Waals surface area contributed by atoms with Gasteiger partial charge in [0.2, 0.25) is 5.91 Å². The zero-order valence-electron chi connectivity index (χ0n) is 14.2. The molecule has 0 unspecified atom stereocenters. The molecular weight excluding hydrogens is 366 g/mol. The summed E-state index contributed by atoms with van der Waals surface area (Å²) in [5.41, 5.74) is 3.86. The molecule has 0 saturated carbocycles. The number of aromatic nitrogens is 1. The maximum atomic E-state index is 12.1. The highest BCUT2D eigenvalue weighted by Gasteiger charge is 2.15. The fourth-order valence-corrected chi connectivity index (χ4v) is 4.36. The van der Waals surface area contributed by atoms with Gasteiger partial charge in [0.05, 0.1) is 25.3 Å². The summed E-state index contributed by atoms with van der Waals surface area (Å²) in [5.74, 6) is -0.000544. The van der Waals surface area contributed by atoms with Crippen molar-refractivity contribution in [1.29, 1.82) is 0 Å². The van der Waals surface area contributed by atoms with E-state index in [-0.39, 0.29) is 5.91 Å². The third kappa shape index (κ3) is 4.12. The Morgan fingerprint density at radius 2 is 1.96 bits per heavy atom. The number of ether oxygens (including phenoxy) is 1. The Kier molecular flexibility index (Phi) is 5.29. The van der Waals surface area contributed by atoms with Crippen molar-refractivity contribution < 1.29 is 9.53 Å². The highest BCUT2D eigenvalue weighted by atomic mass is 32.1. The number of nitrogens with zero attached hydrogens (tertiary/aromatic N) is 2. The molecule has 3 heterocycles. The van der Waals surface area contributed by atoms with Gasteiger partial charge in [-0.3, -0.25) is 4.79 Å². The standard InChI is InChI=1S/C19H19N3O2S2/c23-18(11-14-5-10-25-12-14)20-16-3-1-15(2-4-16)17-13-26-19(21-17)22-6-8-24-9-7-22/h1-5,10,12-13H,6-9,11H2,(H,20,23). The van der Waals surface area contributed by atoms with Gasteiger partial charge in [-0.15, -0.1) is 11.3 Å². The lowest BCUT2D eigenvalue weighted by Gasteiger charge is -2.26. The van der Waals surface area contributed by atoms with E-state index in [2.05, 4.69) is 15.6 Å². The normalized spacial score (nSPS) is 14.4. The zero-order valence-corrected chi connectivity index (χ0v) is 15.8. The first kappa shape index (κ1) is 17.2. The third-order valence-corrected chi connectivity index (χ3v) is 5.82. The van der Waals surface area contributed by atoms with Crippen LogP contribution in [0.3, 0.4) is 0 Å². The van der Waals surface area contributed by atoms with E-state index in [9.17, 15) is 4.79 Å². The van der Waals surface area contributed by atoms with Gasteiger partial charge in [-0.1, -0.05) is 12.1 Å². The molecule has 1 aliphatic rings. The van der Waals surface area contributed by atoms with Crippen molar-refractivity contribution in [2.24, 2.45) is 0 Å². The molecule has 1 amide bonds. The number of rotatable bonds is 5. The predicted octanol–water partition coefficient (Wildman–Crippen LogP) is 3.89. The van der Waals surface area contributed by atoms with Crippen LogP contribution in [0.2, 0.25) is 0 Å². The Bertz CT molecular complexity index is 853. The lowest BCUT2D eigenvalue weighted by molar-refractivity contribution is -0.115. The molecule has 1 saturated heterocycles. The topological polar surface area (TPSA) is 54.5 Å². The highest BCUT2D eigenvalue weighted by Crippen LogP contribution is 2.28. The summed E-state index contributed by atoms with van der Waals surface area (Å²) in [6, 6.07) is 9.82. The maximum Gasteiger partial charge on any atom is 0.228 e. The summed E-state index contributed by atoms with van der Waals surface area (Å²) in [4.78, 5) is 19.1. The smallest absolute Gasteiger partial charge is 0.228 e. The van der Waals surface area contributed by atoms with Crippen LogP contribution in [0.25, 0.3) is 11.3 Å². The number of carbonyl (C=O) groups excluding carboxylic acids is 1. The largest absolute Gasteiger partial charge is 0.378 e. The Labute approximate surface area is 160 Å². The Hall–Kier alpha value is -2.22. The SMILES string of the molecule is O=C(Cc1ccsc1)Nc1ccc(-c2csc(N3CCOCC3)n2)cc1. The Morgan fingerprint density at radius 1 is 1.15 bits per heavy atom. The van der Waals surface area contributed by atoms with Gasteiger partial charge in [0, 0.05) is 29.7 Å². The summed E-state index contributed by atoms with van der Waals surface area (Å²) in [5, 5.41) is 10.0. The maximum absolute atomic E-state index is 12.1. The predicted molar refractivity (Wildman–Crippen MR) is 107 cm³/mol. The molecule has 1 fully saturated rings. The molecule has 5 nitrogen and oxygen atoms in total. The van der Waals surface area contributed by atoms with Crippen LogP contribution in [-0.2, 0) is 16.0 Å². The summed E-state index contributed by atoms with van der Waals surface area (Å²) >= 11 is 3.26. The van der Waals surface area contributed by atoms with E-state index in [0.717, 1.165) is 53.9 Å². The van der Waals surface area contributed by atoms with Crippen molar-refractivity contribution >= 4 is 39.4 Å². The van der Waals surface area contributed by atoms with E-state index in [0.29, 0.717) is 6.42 Å². The van der Waals surface area contributed by atoms with Crippen molar-refractivity contribution in [1.82, 2.24) is 4.98 Å². The summed E-state index contributed by atoms with van der Waals surface area (Å²) in [7, 11) is 0. The first-order valence-corrected chi connectivity index (χ1v) is 10.3. The zero-order chi connectivity index (χ0) is 17.8. The van der Waals surface area contributed by atoms with Crippen molar-refractivity contribution in [3.8, 4) is 11.3 Å². The average Bonchev–Trinajstić information content (AvgIpc) is 3.35. The van der Waals surface area contributed by atoms with E-state index in [4.69, 9.17) is 9.72 Å². The number of benzene rings is 1. The minimum absolute atomic E-state index is 0.000544. The van der Waals surface area contributed by atoms with Crippen LogP contribution >= 0.6 is 22.7 Å². The van der Waals surface area contributed by atoms with E-state index in [1.165, 1.54) is 0 Å². The average molecular weight is 386 g/mol. The van der Waals surface area contributed by atoms with Crippen molar-refractivity contribution in [2.45, 2.75) is 6.42 Å². The van der Waals surface area contributed by atoms with Crippen LogP contribution in [0.1, 0.15) is 5.56 Å². The molecule has 7 heteroatoms. The van der Waals surface area contributed by atoms with Crippen molar-refractivity contribution in [3.63, 3.8) is 0 Å². The van der Waals surface area contributed by atoms with E-state index in [1.54, 1.807) is 22.7 Å². The fourth-order valence-electron chi connectivity index (χ4n) is 2.80. The second kappa shape index (κ2) is 7.99. The molecule has 3 aromatic rings. The molecule has 0 radical (unpaired) electrons. The number of nitrogens with one attached hydrogen (secondary N) is 1. The summed E-state index contributed by atoms with van der Waals surface area (Å²) in [6.07, 6.45) is 0.403. The number of hydrogen-bond donors (Lipinski definition) is 1. The second-order valence-electron chi connectivity index (χ2n) is 6.05. The Balaban J connectivity index is 1.39. The second-order valence-corrected chi connectivity index (χ2v) is 7.67. The summed E-state index contributed by atoms with van der Waals surface area (Å²) < 4.78 is 5.39. The lowest BCUT2D eigenvalue weighted by Crippen LogP contribution is -2.36. The molecule has 1 aromatic carbocycles. The number of amides is 1. The number of hydrogen-bond acceptors (Lipinski definition) is 6. The van der Waals surface area contributed by atoms with Gasteiger partial charge >= 0.3 is 0 Å². The van der Waals surface area contributed by atoms with Gasteiger partial charge in [-0.2, -0.15) is 11.3 Å². The minimum Gasteiger partial charge on any atom is -0.378 e. The molecule has 0 aliphatic carbocycles. The van der Waals surface area contributed by atoms with E-state index in [1.807, 2.05) is 41.1 Å². The molecule has 0 bridgehead atoms.